The minimum Gasteiger partial charge on any atom is -0.206 e. The summed E-state index contributed by atoms with van der Waals surface area (Å²) in [6.07, 6.45) is 10.6. The molecule has 0 spiro atoms. The Labute approximate surface area is 206 Å². The number of alkyl halides is 3. The summed E-state index contributed by atoms with van der Waals surface area (Å²) < 4.78 is 67.5. The molecule has 0 heterocycles. The lowest BCUT2D eigenvalue weighted by Crippen LogP contribution is -2.30. The molecule has 192 valence electrons. The van der Waals surface area contributed by atoms with Crippen LogP contribution in [0.25, 0.3) is 11.1 Å². The normalized spacial score (nSPS) is 24.9. The van der Waals surface area contributed by atoms with E-state index >= 15 is 0 Å². The van der Waals surface area contributed by atoms with E-state index in [4.69, 9.17) is 0 Å². The van der Waals surface area contributed by atoms with Crippen LogP contribution in [0.15, 0.2) is 36.4 Å². The van der Waals surface area contributed by atoms with Crippen LogP contribution in [0.1, 0.15) is 101 Å². The zero-order valence-corrected chi connectivity index (χ0v) is 20.6. The number of unbranched alkanes of at least 4 members (excludes halogenated alkanes) is 4. The molecular formula is C30H37F5. The van der Waals surface area contributed by atoms with E-state index in [0.717, 1.165) is 42.4 Å². The minimum atomic E-state index is -4.77. The van der Waals surface area contributed by atoms with Crippen LogP contribution in [0.2, 0.25) is 0 Å². The Morgan fingerprint density at radius 3 is 2.23 bits per heavy atom. The van der Waals surface area contributed by atoms with Gasteiger partial charge in [0.05, 0.1) is 5.56 Å². The van der Waals surface area contributed by atoms with Crippen LogP contribution >= 0.6 is 0 Å². The molecule has 4 unspecified atom stereocenters. The van der Waals surface area contributed by atoms with Crippen molar-refractivity contribution in [2.24, 2.45) is 17.8 Å². The third kappa shape index (κ3) is 6.46. The number of fused-ring (bicyclic) bond motifs is 1. The third-order valence-corrected chi connectivity index (χ3v) is 8.49. The number of benzene rings is 2. The van der Waals surface area contributed by atoms with Gasteiger partial charge in [0, 0.05) is 5.56 Å². The first-order chi connectivity index (χ1) is 16.8. The molecule has 35 heavy (non-hydrogen) atoms. The van der Waals surface area contributed by atoms with Crippen molar-refractivity contribution >= 4 is 0 Å². The van der Waals surface area contributed by atoms with Crippen molar-refractivity contribution in [3.05, 3.63) is 59.2 Å². The molecule has 4 atom stereocenters. The molecule has 2 aromatic rings. The number of hydrogen-bond donors (Lipinski definition) is 0. The summed E-state index contributed by atoms with van der Waals surface area (Å²) in [5.74, 6) is 0.797. The van der Waals surface area contributed by atoms with E-state index in [1.54, 1.807) is 6.07 Å². The average Bonchev–Trinajstić information content (AvgIpc) is 2.82. The second kappa shape index (κ2) is 11.4. The molecular weight excluding hydrogens is 455 g/mol. The van der Waals surface area contributed by atoms with Crippen molar-refractivity contribution in [3.8, 4) is 11.1 Å². The van der Waals surface area contributed by atoms with Crippen LogP contribution in [0, 0.1) is 29.4 Å². The van der Waals surface area contributed by atoms with Gasteiger partial charge in [-0.2, -0.15) is 13.2 Å². The first-order valence-corrected chi connectivity index (χ1v) is 13.4. The van der Waals surface area contributed by atoms with E-state index in [0.29, 0.717) is 17.9 Å². The predicted octanol–water partition coefficient (Wildman–Crippen LogP) is 10.3. The molecule has 0 nitrogen and oxygen atoms in total. The summed E-state index contributed by atoms with van der Waals surface area (Å²) in [7, 11) is 0. The summed E-state index contributed by atoms with van der Waals surface area (Å²) in [6.45, 7) is 2.25. The van der Waals surface area contributed by atoms with Crippen LogP contribution in [-0.2, 0) is 6.18 Å². The molecule has 0 radical (unpaired) electrons. The fourth-order valence-corrected chi connectivity index (χ4v) is 6.52. The number of halogens is 5. The van der Waals surface area contributed by atoms with Gasteiger partial charge < -0.3 is 0 Å². The lowest BCUT2D eigenvalue weighted by Gasteiger charge is -2.42. The summed E-state index contributed by atoms with van der Waals surface area (Å²) in [4.78, 5) is 0. The fraction of sp³-hybridized carbons (Fsp3) is 0.600. The molecule has 0 N–H and O–H groups in total. The molecule has 0 aromatic heterocycles. The van der Waals surface area contributed by atoms with E-state index in [1.165, 1.54) is 70.3 Å². The maximum absolute atomic E-state index is 15.0. The summed E-state index contributed by atoms with van der Waals surface area (Å²) in [6, 6.07) is 7.57. The van der Waals surface area contributed by atoms with Crippen molar-refractivity contribution in [3.63, 3.8) is 0 Å². The topological polar surface area (TPSA) is 0 Å². The molecule has 2 saturated carbocycles. The summed E-state index contributed by atoms with van der Waals surface area (Å²) >= 11 is 0. The Bertz CT molecular complexity index is 979. The predicted molar refractivity (Wildman–Crippen MR) is 131 cm³/mol. The van der Waals surface area contributed by atoms with E-state index in [-0.39, 0.29) is 11.1 Å². The molecule has 5 heteroatoms. The maximum Gasteiger partial charge on any atom is 0.419 e. The summed E-state index contributed by atoms with van der Waals surface area (Å²) in [5, 5.41) is 0. The highest BCUT2D eigenvalue weighted by atomic mass is 19.4. The smallest absolute Gasteiger partial charge is 0.206 e. The van der Waals surface area contributed by atoms with E-state index in [2.05, 4.69) is 6.92 Å². The van der Waals surface area contributed by atoms with Gasteiger partial charge in [-0.1, -0.05) is 70.1 Å². The highest BCUT2D eigenvalue weighted by molar-refractivity contribution is 5.65. The second-order valence-electron chi connectivity index (χ2n) is 10.8. The van der Waals surface area contributed by atoms with Crippen molar-refractivity contribution in [2.75, 3.05) is 0 Å². The summed E-state index contributed by atoms with van der Waals surface area (Å²) in [5.41, 5.74) is -0.123. The first-order valence-electron chi connectivity index (χ1n) is 13.4. The monoisotopic (exact) mass is 492 g/mol. The molecule has 0 amide bonds. The molecule has 0 aliphatic heterocycles. The van der Waals surface area contributed by atoms with Gasteiger partial charge in [0.2, 0.25) is 0 Å². The Balaban J connectivity index is 1.35. The zero-order chi connectivity index (χ0) is 25.0. The van der Waals surface area contributed by atoms with Crippen molar-refractivity contribution in [2.45, 2.75) is 96.1 Å². The average molecular weight is 493 g/mol. The molecule has 2 aromatic carbocycles. The molecule has 4 rings (SSSR count). The van der Waals surface area contributed by atoms with Gasteiger partial charge in [-0.3, -0.25) is 0 Å². The minimum absolute atomic E-state index is 0.122. The number of hydrogen-bond acceptors (Lipinski definition) is 0. The van der Waals surface area contributed by atoms with E-state index in [9.17, 15) is 22.0 Å². The van der Waals surface area contributed by atoms with Crippen molar-refractivity contribution < 1.29 is 22.0 Å². The van der Waals surface area contributed by atoms with Gasteiger partial charge in [-0.05, 0) is 85.1 Å². The molecule has 2 fully saturated rings. The lowest BCUT2D eigenvalue weighted by molar-refractivity contribution is -0.139. The van der Waals surface area contributed by atoms with Gasteiger partial charge in [-0.15, -0.1) is 0 Å². The second-order valence-corrected chi connectivity index (χ2v) is 10.8. The highest BCUT2D eigenvalue weighted by Gasteiger charge is 2.36. The van der Waals surface area contributed by atoms with Crippen molar-refractivity contribution in [1.29, 1.82) is 0 Å². The molecule has 0 bridgehead atoms. The molecule has 2 aliphatic carbocycles. The largest absolute Gasteiger partial charge is 0.419 e. The Kier molecular flexibility index (Phi) is 8.54. The van der Waals surface area contributed by atoms with E-state index in [1.807, 2.05) is 6.07 Å². The Morgan fingerprint density at radius 2 is 1.51 bits per heavy atom. The molecule has 0 saturated heterocycles. The van der Waals surface area contributed by atoms with Crippen LogP contribution in [-0.4, -0.2) is 0 Å². The third-order valence-electron chi connectivity index (χ3n) is 8.49. The van der Waals surface area contributed by atoms with Gasteiger partial charge in [0.15, 0.2) is 0 Å². The number of rotatable bonds is 8. The Hall–Kier alpha value is -1.91. The van der Waals surface area contributed by atoms with Crippen LogP contribution < -0.4 is 0 Å². The SMILES string of the molecule is CCCCCCCC1CCC2CC(c3ccc(-c4ccc(C(F)(F)F)c(F)c4)c(F)c3)CCC2C1. The lowest BCUT2D eigenvalue weighted by atomic mass is 9.63. The van der Waals surface area contributed by atoms with Gasteiger partial charge in [0.25, 0.3) is 0 Å². The maximum atomic E-state index is 15.0. The van der Waals surface area contributed by atoms with Crippen LogP contribution in [0.4, 0.5) is 22.0 Å². The first kappa shape index (κ1) is 26.2. The van der Waals surface area contributed by atoms with Crippen LogP contribution in [0.3, 0.4) is 0 Å². The Morgan fingerprint density at radius 1 is 0.771 bits per heavy atom. The highest BCUT2D eigenvalue weighted by Crippen LogP contribution is 2.48. The quantitative estimate of drug-likeness (QED) is 0.254. The van der Waals surface area contributed by atoms with Crippen molar-refractivity contribution in [1.82, 2.24) is 0 Å². The fourth-order valence-electron chi connectivity index (χ4n) is 6.52. The van der Waals surface area contributed by atoms with Gasteiger partial charge in [0.1, 0.15) is 11.6 Å². The van der Waals surface area contributed by atoms with Crippen LogP contribution in [0.5, 0.6) is 0 Å². The van der Waals surface area contributed by atoms with Gasteiger partial charge >= 0.3 is 6.18 Å². The molecule has 2 aliphatic rings. The standard InChI is InChI=1S/C30H37F5/c1-2-3-4-5-6-7-20-8-9-22-17-23(11-10-21(22)16-20)24-12-14-26(28(31)18-24)25-13-15-27(29(32)19-25)30(33,34)35/h12-15,18-23H,2-11,16-17H2,1H3. The zero-order valence-electron chi connectivity index (χ0n) is 20.6. The van der Waals surface area contributed by atoms with Gasteiger partial charge in [-0.25, -0.2) is 8.78 Å². The van der Waals surface area contributed by atoms with E-state index < -0.39 is 23.4 Å².